The molecule has 2 saturated heterocycles. The van der Waals surface area contributed by atoms with Crippen molar-refractivity contribution >= 4 is 11.6 Å². The van der Waals surface area contributed by atoms with Crippen molar-refractivity contribution in [2.45, 2.75) is 37.6 Å². The monoisotopic (exact) mass is 278 g/mol. The molecule has 104 valence electrons. The maximum Gasteiger partial charge on any atom is 0.0444 e. The number of halogens is 1. The maximum absolute atomic E-state index is 6.46. The highest BCUT2D eigenvalue weighted by molar-refractivity contribution is 6.31. The molecule has 0 radical (unpaired) electrons. The van der Waals surface area contributed by atoms with Crippen LogP contribution in [0.5, 0.6) is 0 Å². The van der Waals surface area contributed by atoms with Gasteiger partial charge in [-0.1, -0.05) is 30.2 Å². The first-order chi connectivity index (χ1) is 9.22. The quantitative estimate of drug-likeness (QED) is 0.914. The topological polar surface area (TPSA) is 15.3 Å². The Labute approximate surface area is 121 Å². The number of hydrogen-bond acceptors (Lipinski definition) is 2. The molecule has 2 fully saturated rings. The lowest BCUT2D eigenvalue weighted by molar-refractivity contribution is 0.190. The van der Waals surface area contributed by atoms with E-state index in [1.54, 1.807) is 0 Å². The van der Waals surface area contributed by atoms with Gasteiger partial charge in [-0.15, -0.1) is 0 Å². The smallest absolute Gasteiger partial charge is 0.0444 e. The van der Waals surface area contributed by atoms with Crippen molar-refractivity contribution in [2.75, 3.05) is 26.7 Å². The lowest BCUT2D eigenvalue weighted by Gasteiger charge is -2.37. The molecule has 19 heavy (non-hydrogen) atoms. The summed E-state index contributed by atoms with van der Waals surface area (Å²) in [6.45, 7) is 3.46. The van der Waals surface area contributed by atoms with E-state index < -0.39 is 0 Å². The third-order valence-electron chi connectivity index (χ3n) is 4.46. The van der Waals surface area contributed by atoms with Crippen molar-refractivity contribution in [3.63, 3.8) is 0 Å². The Hall–Kier alpha value is -0.570. The molecular formula is C16H23ClN2. The Morgan fingerprint density at radius 3 is 2.79 bits per heavy atom. The van der Waals surface area contributed by atoms with Crippen molar-refractivity contribution in [3.8, 4) is 0 Å². The number of rotatable bonds is 3. The van der Waals surface area contributed by atoms with E-state index in [-0.39, 0.29) is 0 Å². The number of hydrogen-bond donors (Lipinski definition) is 1. The van der Waals surface area contributed by atoms with E-state index in [4.69, 9.17) is 11.6 Å². The van der Waals surface area contributed by atoms with Gasteiger partial charge in [0.2, 0.25) is 0 Å². The zero-order chi connectivity index (χ0) is 13.2. The van der Waals surface area contributed by atoms with Crippen LogP contribution in [0, 0.1) is 0 Å². The van der Waals surface area contributed by atoms with Gasteiger partial charge in [0.05, 0.1) is 0 Å². The molecule has 3 rings (SSSR count). The summed E-state index contributed by atoms with van der Waals surface area (Å²) in [6, 6.07) is 7.35. The molecule has 2 heterocycles. The lowest BCUT2D eigenvalue weighted by atomic mass is 9.90. The highest BCUT2D eigenvalue weighted by Gasteiger charge is 2.26. The molecule has 0 amide bonds. The van der Waals surface area contributed by atoms with Crippen LogP contribution in [0.1, 0.15) is 36.3 Å². The van der Waals surface area contributed by atoms with Crippen molar-refractivity contribution < 1.29 is 0 Å². The van der Waals surface area contributed by atoms with Gasteiger partial charge in [-0.25, -0.2) is 0 Å². The Morgan fingerprint density at radius 1 is 1.32 bits per heavy atom. The first-order valence-corrected chi connectivity index (χ1v) is 7.80. The number of nitrogens with zero attached hydrogens (tertiary/aromatic N) is 1. The molecule has 1 atom stereocenters. The average molecular weight is 279 g/mol. The Morgan fingerprint density at radius 2 is 2.16 bits per heavy atom. The van der Waals surface area contributed by atoms with E-state index >= 15 is 0 Å². The minimum absolute atomic E-state index is 0.638. The minimum atomic E-state index is 0.638. The molecule has 1 unspecified atom stereocenters. The minimum Gasteiger partial charge on any atom is -0.314 e. The molecule has 0 bridgehead atoms. The maximum atomic E-state index is 6.46. The van der Waals surface area contributed by atoms with Gasteiger partial charge in [0, 0.05) is 30.1 Å². The second-order valence-electron chi connectivity index (χ2n) is 6.12. The van der Waals surface area contributed by atoms with E-state index in [0.717, 1.165) is 24.5 Å². The number of piperidine rings is 1. The van der Waals surface area contributed by atoms with Gasteiger partial charge in [0.15, 0.2) is 0 Å². The molecule has 0 spiro atoms. The van der Waals surface area contributed by atoms with Gasteiger partial charge in [0.1, 0.15) is 0 Å². The number of likely N-dealkylation sites (N-methyl/N-ethyl adjacent to an activating group) is 1. The van der Waals surface area contributed by atoms with Crippen molar-refractivity contribution in [2.24, 2.45) is 0 Å². The lowest BCUT2D eigenvalue weighted by Crippen LogP contribution is -2.41. The zero-order valence-corrected chi connectivity index (χ0v) is 12.4. The average Bonchev–Trinajstić information content (AvgIpc) is 2.37. The summed E-state index contributed by atoms with van der Waals surface area (Å²) in [4.78, 5) is 2.33. The van der Waals surface area contributed by atoms with Gasteiger partial charge in [-0.2, -0.15) is 0 Å². The molecule has 0 aliphatic carbocycles. The van der Waals surface area contributed by atoms with E-state index in [1.165, 1.54) is 36.9 Å². The number of likely N-dealkylation sites (tertiary alicyclic amines) is 1. The van der Waals surface area contributed by atoms with Crippen LogP contribution in [-0.4, -0.2) is 37.6 Å². The van der Waals surface area contributed by atoms with E-state index in [0.29, 0.717) is 12.0 Å². The van der Waals surface area contributed by atoms with E-state index in [2.05, 4.69) is 35.5 Å². The fourth-order valence-electron chi connectivity index (χ4n) is 3.31. The molecule has 2 aliphatic heterocycles. The van der Waals surface area contributed by atoms with Crippen LogP contribution in [0.2, 0.25) is 5.02 Å². The fraction of sp³-hybridized carbons (Fsp3) is 0.625. The first-order valence-electron chi connectivity index (χ1n) is 7.42. The van der Waals surface area contributed by atoms with Crippen molar-refractivity contribution in [1.29, 1.82) is 0 Å². The molecule has 2 aliphatic rings. The summed E-state index contributed by atoms with van der Waals surface area (Å²) in [6.07, 6.45) is 5.10. The summed E-state index contributed by atoms with van der Waals surface area (Å²) in [5, 5.41) is 4.57. The zero-order valence-electron chi connectivity index (χ0n) is 11.7. The summed E-state index contributed by atoms with van der Waals surface area (Å²) >= 11 is 6.46. The molecular weight excluding hydrogens is 256 g/mol. The third-order valence-corrected chi connectivity index (χ3v) is 4.79. The summed E-state index contributed by atoms with van der Waals surface area (Å²) in [5.41, 5.74) is 2.71. The SMILES string of the molecule is CN1CC(c2ccc(CC3CCCCN3)cc2Cl)C1. The van der Waals surface area contributed by atoms with Gasteiger partial charge in [-0.3, -0.25) is 0 Å². The molecule has 1 aromatic carbocycles. The molecule has 3 heteroatoms. The predicted molar refractivity (Wildman–Crippen MR) is 81.0 cm³/mol. The van der Waals surface area contributed by atoms with Crippen LogP contribution in [0.25, 0.3) is 0 Å². The van der Waals surface area contributed by atoms with Gasteiger partial charge >= 0.3 is 0 Å². The Kier molecular flexibility index (Phi) is 4.11. The van der Waals surface area contributed by atoms with Gasteiger partial charge < -0.3 is 10.2 Å². The van der Waals surface area contributed by atoms with E-state index in [9.17, 15) is 0 Å². The van der Waals surface area contributed by atoms with Gasteiger partial charge in [-0.05, 0) is 50.0 Å². The normalized spacial score (nSPS) is 25.3. The van der Waals surface area contributed by atoms with Crippen LogP contribution in [-0.2, 0) is 6.42 Å². The molecule has 1 aromatic rings. The molecule has 2 nitrogen and oxygen atoms in total. The molecule has 1 N–H and O–H groups in total. The summed E-state index contributed by atoms with van der Waals surface area (Å²) in [7, 11) is 2.16. The van der Waals surface area contributed by atoms with Crippen LogP contribution >= 0.6 is 11.6 Å². The van der Waals surface area contributed by atoms with Crippen molar-refractivity contribution in [3.05, 3.63) is 34.3 Å². The number of nitrogens with one attached hydrogen (secondary N) is 1. The second-order valence-corrected chi connectivity index (χ2v) is 6.53. The molecule has 0 saturated carbocycles. The highest BCUT2D eigenvalue weighted by atomic mass is 35.5. The second kappa shape index (κ2) is 5.82. The summed E-state index contributed by atoms with van der Waals surface area (Å²) < 4.78 is 0. The van der Waals surface area contributed by atoms with Crippen LogP contribution in [0.3, 0.4) is 0 Å². The summed E-state index contributed by atoms with van der Waals surface area (Å²) in [5.74, 6) is 0.638. The van der Waals surface area contributed by atoms with Crippen molar-refractivity contribution in [1.82, 2.24) is 10.2 Å². The van der Waals surface area contributed by atoms with E-state index in [1.807, 2.05) is 0 Å². The van der Waals surface area contributed by atoms with Crippen LogP contribution < -0.4 is 5.32 Å². The fourth-order valence-corrected chi connectivity index (χ4v) is 3.66. The predicted octanol–water partition coefficient (Wildman–Crippen LogP) is 3.05. The van der Waals surface area contributed by atoms with Crippen LogP contribution in [0.4, 0.5) is 0 Å². The van der Waals surface area contributed by atoms with Crippen LogP contribution in [0.15, 0.2) is 18.2 Å². The Balaban J connectivity index is 1.65. The Bertz CT molecular complexity index is 434. The number of benzene rings is 1. The third kappa shape index (κ3) is 3.13. The largest absolute Gasteiger partial charge is 0.314 e. The molecule has 0 aromatic heterocycles. The highest BCUT2D eigenvalue weighted by Crippen LogP contribution is 2.32. The first kappa shape index (κ1) is 13.4. The van der Waals surface area contributed by atoms with Gasteiger partial charge in [0.25, 0.3) is 0 Å². The standard InChI is InChI=1S/C16H23ClN2/c1-19-10-13(11-19)15-6-5-12(9-16(15)17)8-14-4-2-3-7-18-14/h5-6,9,13-14,18H,2-4,7-8,10-11H2,1H3.